The SMILES string of the molecule is O=C(O)/C=C/c1ccc(OC(F)(F)F)cc1S. The summed E-state index contributed by atoms with van der Waals surface area (Å²) in [5.74, 6) is -1.57. The van der Waals surface area contributed by atoms with Crippen molar-refractivity contribution in [1.82, 2.24) is 0 Å². The number of halogens is 3. The first-order valence-electron chi connectivity index (χ1n) is 4.28. The molecule has 0 saturated heterocycles. The number of hydrogen-bond acceptors (Lipinski definition) is 3. The lowest BCUT2D eigenvalue weighted by Crippen LogP contribution is -2.17. The number of aliphatic carboxylic acids is 1. The van der Waals surface area contributed by atoms with E-state index in [0.29, 0.717) is 5.56 Å². The highest BCUT2D eigenvalue weighted by Crippen LogP contribution is 2.27. The number of ether oxygens (including phenoxy) is 1. The number of carbonyl (C=O) groups is 1. The number of alkyl halides is 3. The molecule has 0 radical (unpaired) electrons. The van der Waals surface area contributed by atoms with Crippen LogP contribution in [0.4, 0.5) is 13.2 Å². The Balaban J connectivity index is 2.90. The van der Waals surface area contributed by atoms with E-state index >= 15 is 0 Å². The summed E-state index contributed by atoms with van der Waals surface area (Å²) in [4.78, 5) is 10.4. The zero-order chi connectivity index (χ0) is 13.1. The molecule has 0 fully saturated rings. The molecule has 1 rings (SSSR count). The highest BCUT2D eigenvalue weighted by atomic mass is 32.1. The largest absolute Gasteiger partial charge is 0.573 e. The lowest BCUT2D eigenvalue weighted by atomic mass is 10.2. The van der Waals surface area contributed by atoms with E-state index in [1.165, 1.54) is 12.1 Å². The standard InChI is InChI=1S/C10H7F3O3S/c11-10(12,13)16-7-3-1-6(8(17)5-7)2-4-9(14)15/h1-5,17H,(H,14,15)/b4-2+. The van der Waals surface area contributed by atoms with Crippen LogP contribution in [0.25, 0.3) is 6.08 Å². The molecule has 0 aliphatic rings. The van der Waals surface area contributed by atoms with Crippen molar-refractivity contribution in [2.45, 2.75) is 11.3 Å². The van der Waals surface area contributed by atoms with Gasteiger partial charge in [0, 0.05) is 11.0 Å². The summed E-state index contributed by atoms with van der Waals surface area (Å²) >= 11 is 3.93. The van der Waals surface area contributed by atoms with Crippen LogP contribution in [0.3, 0.4) is 0 Å². The monoisotopic (exact) mass is 264 g/mol. The van der Waals surface area contributed by atoms with E-state index in [-0.39, 0.29) is 4.90 Å². The average molecular weight is 264 g/mol. The van der Waals surface area contributed by atoms with Gasteiger partial charge in [-0.1, -0.05) is 6.07 Å². The zero-order valence-electron chi connectivity index (χ0n) is 8.23. The summed E-state index contributed by atoms with van der Waals surface area (Å²) < 4.78 is 39.3. The second kappa shape index (κ2) is 5.13. The molecule has 0 spiro atoms. The first-order chi connectivity index (χ1) is 7.78. The molecule has 0 bridgehead atoms. The van der Waals surface area contributed by atoms with Crippen molar-refractivity contribution in [3.63, 3.8) is 0 Å². The van der Waals surface area contributed by atoms with Crippen LogP contribution in [0.1, 0.15) is 5.56 Å². The lowest BCUT2D eigenvalue weighted by Gasteiger charge is -2.09. The van der Waals surface area contributed by atoms with Gasteiger partial charge < -0.3 is 9.84 Å². The first kappa shape index (κ1) is 13.4. The van der Waals surface area contributed by atoms with E-state index in [2.05, 4.69) is 17.4 Å². The normalized spacial score (nSPS) is 11.8. The fourth-order valence-corrected chi connectivity index (χ4v) is 1.30. The minimum absolute atomic E-state index is 0.184. The summed E-state index contributed by atoms with van der Waals surface area (Å²) in [6.07, 6.45) is -2.68. The Hall–Kier alpha value is -1.63. The number of rotatable bonds is 3. The summed E-state index contributed by atoms with van der Waals surface area (Å²) in [6, 6.07) is 3.41. The Morgan fingerprint density at radius 1 is 1.41 bits per heavy atom. The molecule has 0 aliphatic heterocycles. The third-order valence-electron chi connectivity index (χ3n) is 1.64. The van der Waals surface area contributed by atoms with Gasteiger partial charge in [-0.2, -0.15) is 0 Å². The van der Waals surface area contributed by atoms with Gasteiger partial charge in [0.1, 0.15) is 5.75 Å². The second-order valence-electron chi connectivity index (χ2n) is 2.94. The maximum Gasteiger partial charge on any atom is 0.573 e. The zero-order valence-corrected chi connectivity index (χ0v) is 9.13. The summed E-state index contributed by atoms with van der Waals surface area (Å²) in [6.45, 7) is 0. The highest BCUT2D eigenvalue weighted by molar-refractivity contribution is 7.80. The summed E-state index contributed by atoms with van der Waals surface area (Å²) in [5.41, 5.74) is 0.380. The molecule has 7 heteroatoms. The summed E-state index contributed by atoms with van der Waals surface area (Å²) in [5, 5.41) is 8.39. The number of benzene rings is 1. The minimum atomic E-state index is -4.77. The number of thiol groups is 1. The van der Waals surface area contributed by atoms with Gasteiger partial charge in [0.15, 0.2) is 0 Å². The van der Waals surface area contributed by atoms with E-state index in [0.717, 1.165) is 18.2 Å². The van der Waals surface area contributed by atoms with Crippen LogP contribution in [-0.2, 0) is 4.79 Å². The molecule has 92 valence electrons. The van der Waals surface area contributed by atoms with Gasteiger partial charge in [-0.05, 0) is 23.8 Å². The molecular weight excluding hydrogens is 257 g/mol. The smallest absolute Gasteiger partial charge is 0.478 e. The molecule has 1 N–H and O–H groups in total. The van der Waals surface area contributed by atoms with Crippen molar-refractivity contribution in [3.05, 3.63) is 29.8 Å². The van der Waals surface area contributed by atoms with Crippen LogP contribution in [0.2, 0.25) is 0 Å². The number of carboxylic acids is 1. The molecule has 1 aromatic rings. The minimum Gasteiger partial charge on any atom is -0.478 e. The van der Waals surface area contributed by atoms with Crippen molar-refractivity contribution in [3.8, 4) is 5.75 Å². The van der Waals surface area contributed by atoms with Crippen molar-refractivity contribution in [2.75, 3.05) is 0 Å². The van der Waals surface area contributed by atoms with Crippen LogP contribution in [0, 0.1) is 0 Å². The van der Waals surface area contributed by atoms with E-state index in [4.69, 9.17) is 5.11 Å². The van der Waals surface area contributed by atoms with Crippen LogP contribution < -0.4 is 4.74 Å². The first-order valence-corrected chi connectivity index (χ1v) is 4.72. The van der Waals surface area contributed by atoms with Crippen molar-refractivity contribution in [2.24, 2.45) is 0 Å². The van der Waals surface area contributed by atoms with Crippen LogP contribution in [0.5, 0.6) is 5.75 Å². The van der Waals surface area contributed by atoms with E-state index in [9.17, 15) is 18.0 Å². The third-order valence-corrected chi connectivity index (χ3v) is 2.03. The van der Waals surface area contributed by atoms with Crippen molar-refractivity contribution in [1.29, 1.82) is 0 Å². The van der Waals surface area contributed by atoms with Crippen LogP contribution in [0.15, 0.2) is 29.2 Å². The second-order valence-corrected chi connectivity index (χ2v) is 3.42. The Bertz CT molecular complexity index is 455. The van der Waals surface area contributed by atoms with Gasteiger partial charge in [0.2, 0.25) is 0 Å². The Labute approximate surface area is 99.9 Å². The molecule has 0 amide bonds. The molecule has 1 aromatic carbocycles. The average Bonchev–Trinajstić information content (AvgIpc) is 2.13. The third kappa shape index (κ3) is 4.81. The lowest BCUT2D eigenvalue weighted by molar-refractivity contribution is -0.274. The molecule has 0 aromatic heterocycles. The molecular formula is C10H7F3O3S. The molecule has 0 aliphatic carbocycles. The Morgan fingerprint density at radius 3 is 2.53 bits per heavy atom. The van der Waals surface area contributed by atoms with Gasteiger partial charge in [-0.15, -0.1) is 25.8 Å². The van der Waals surface area contributed by atoms with Gasteiger partial charge in [0.05, 0.1) is 0 Å². The van der Waals surface area contributed by atoms with E-state index in [1.54, 1.807) is 0 Å². The van der Waals surface area contributed by atoms with Gasteiger partial charge in [0.25, 0.3) is 0 Å². The molecule has 3 nitrogen and oxygen atoms in total. The fraction of sp³-hybridized carbons (Fsp3) is 0.100. The highest BCUT2D eigenvalue weighted by Gasteiger charge is 2.31. The number of carboxylic acid groups (broad SMARTS) is 1. The maximum atomic E-state index is 11.9. The van der Waals surface area contributed by atoms with Gasteiger partial charge >= 0.3 is 12.3 Å². The topological polar surface area (TPSA) is 46.5 Å². The quantitative estimate of drug-likeness (QED) is 0.651. The van der Waals surface area contributed by atoms with E-state index < -0.39 is 18.1 Å². The van der Waals surface area contributed by atoms with Crippen molar-refractivity contribution >= 4 is 24.7 Å². The van der Waals surface area contributed by atoms with E-state index in [1.807, 2.05) is 0 Å². The van der Waals surface area contributed by atoms with Gasteiger partial charge in [-0.25, -0.2) is 4.79 Å². The predicted octanol–water partition coefficient (Wildman–Crippen LogP) is 2.97. The van der Waals surface area contributed by atoms with Gasteiger partial charge in [-0.3, -0.25) is 0 Å². The molecule has 17 heavy (non-hydrogen) atoms. The molecule has 0 saturated carbocycles. The number of hydrogen-bond donors (Lipinski definition) is 2. The Morgan fingerprint density at radius 2 is 2.06 bits per heavy atom. The maximum absolute atomic E-state index is 11.9. The fourth-order valence-electron chi connectivity index (χ4n) is 1.02. The van der Waals surface area contributed by atoms with Crippen molar-refractivity contribution < 1.29 is 27.8 Å². The molecule has 0 heterocycles. The molecule has 0 atom stereocenters. The predicted molar refractivity (Wildman–Crippen MR) is 57.0 cm³/mol. The van der Waals surface area contributed by atoms with Crippen LogP contribution >= 0.6 is 12.6 Å². The summed E-state index contributed by atoms with van der Waals surface area (Å²) in [7, 11) is 0. The molecule has 0 unspecified atom stereocenters. The van der Waals surface area contributed by atoms with Crippen LogP contribution in [-0.4, -0.2) is 17.4 Å². The Kier molecular flexibility index (Phi) is 4.06.